The van der Waals surface area contributed by atoms with Gasteiger partial charge in [-0.05, 0) is 43.3 Å². The van der Waals surface area contributed by atoms with Crippen LogP contribution < -0.4 is 11.0 Å². The molecule has 0 unspecified atom stereocenters. The molecule has 3 aromatic heterocycles. The molecule has 3 heterocycles. The zero-order valence-electron chi connectivity index (χ0n) is 15.3. The van der Waals surface area contributed by atoms with Gasteiger partial charge in [0, 0.05) is 12.4 Å². The smallest absolute Gasteiger partial charge is 0.335 e. The number of carbonyl (C=O) groups excluding carboxylic acids is 1. The van der Waals surface area contributed by atoms with Crippen molar-refractivity contribution < 1.29 is 4.79 Å². The predicted octanol–water partition coefficient (Wildman–Crippen LogP) is 2.46. The summed E-state index contributed by atoms with van der Waals surface area (Å²) in [6.07, 6.45) is 3.32. The largest absolute Gasteiger partial charge is 0.346 e. The van der Waals surface area contributed by atoms with Gasteiger partial charge in [0.25, 0.3) is 0 Å². The summed E-state index contributed by atoms with van der Waals surface area (Å²) in [6.45, 7) is 1.76. The second-order valence-corrected chi connectivity index (χ2v) is 6.43. The number of pyridine rings is 2. The minimum Gasteiger partial charge on any atom is -0.346 e. The molecule has 0 aliphatic heterocycles. The van der Waals surface area contributed by atoms with E-state index in [0.29, 0.717) is 16.9 Å². The maximum Gasteiger partial charge on any atom is 0.335 e. The zero-order chi connectivity index (χ0) is 19.5. The average Bonchev–Trinajstić information content (AvgIpc) is 3.01. The van der Waals surface area contributed by atoms with Gasteiger partial charge >= 0.3 is 5.69 Å². The van der Waals surface area contributed by atoms with E-state index in [2.05, 4.69) is 15.3 Å². The SMILES string of the molecule is C[C@H](NC(=O)Cn1c(=O)n(-c2ccccc2)c2ncccc21)c1ccccn1. The summed E-state index contributed by atoms with van der Waals surface area (Å²) in [7, 11) is 0. The number of fused-ring (bicyclic) bond motifs is 1. The molecule has 1 aromatic carbocycles. The van der Waals surface area contributed by atoms with Gasteiger partial charge in [0.15, 0.2) is 5.65 Å². The van der Waals surface area contributed by atoms with E-state index in [-0.39, 0.29) is 24.2 Å². The molecule has 7 nitrogen and oxygen atoms in total. The van der Waals surface area contributed by atoms with Gasteiger partial charge in [0.1, 0.15) is 6.54 Å². The first-order chi connectivity index (χ1) is 13.6. The number of nitrogens with zero attached hydrogens (tertiary/aromatic N) is 4. The number of carbonyl (C=O) groups is 1. The van der Waals surface area contributed by atoms with Crippen LogP contribution in [0.25, 0.3) is 16.9 Å². The number of benzene rings is 1. The number of imidazole rings is 1. The summed E-state index contributed by atoms with van der Waals surface area (Å²) in [6, 6.07) is 18.1. The molecule has 0 bridgehead atoms. The minimum atomic E-state index is -0.305. The molecule has 1 N–H and O–H groups in total. The molecule has 0 spiro atoms. The highest BCUT2D eigenvalue weighted by Gasteiger charge is 2.18. The Hall–Kier alpha value is -3.74. The maximum atomic E-state index is 13.1. The number of rotatable bonds is 5. The number of para-hydroxylation sites is 1. The lowest BCUT2D eigenvalue weighted by atomic mass is 10.2. The van der Waals surface area contributed by atoms with Gasteiger partial charge in [0.2, 0.25) is 5.91 Å². The summed E-state index contributed by atoms with van der Waals surface area (Å²) in [4.78, 5) is 34.3. The van der Waals surface area contributed by atoms with Crippen LogP contribution in [0.4, 0.5) is 0 Å². The molecule has 4 rings (SSSR count). The number of amides is 1. The van der Waals surface area contributed by atoms with Gasteiger partial charge in [-0.1, -0.05) is 24.3 Å². The monoisotopic (exact) mass is 373 g/mol. The molecule has 140 valence electrons. The van der Waals surface area contributed by atoms with Crippen LogP contribution in [0.5, 0.6) is 0 Å². The number of aromatic nitrogens is 4. The summed E-state index contributed by atoms with van der Waals surface area (Å²) in [5.41, 5.74) is 2.29. The van der Waals surface area contributed by atoms with E-state index in [1.54, 1.807) is 24.5 Å². The van der Waals surface area contributed by atoms with Crippen LogP contribution in [0.2, 0.25) is 0 Å². The third-order valence-electron chi connectivity index (χ3n) is 4.52. The third-order valence-corrected chi connectivity index (χ3v) is 4.52. The lowest BCUT2D eigenvalue weighted by Gasteiger charge is -2.13. The van der Waals surface area contributed by atoms with Crippen molar-refractivity contribution >= 4 is 17.1 Å². The van der Waals surface area contributed by atoms with E-state index >= 15 is 0 Å². The standard InChI is InChI=1S/C21H19N5O2/c1-15(17-10-5-6-12-22-17)24-19(27)14-25-18-11-7-13-23-20(18)26(21(25)28)16-8-3-2-4-9-16/h2-13,15H,14H2,1H3,(H,24,27)/t15-/m0/s1. The molecule has 28 heavy (non-hydrogen) atoms. The van der Waals surface area contributed by atoms with Gasteiger partial charge in [-0.15, -0.1) is 0 Å². The first-order valence-corrected chi connectivity index (χ1v) is 8.97. The van der Waals surface area contributed by atoms with Crippen molar-refractivity contribution in [2.24, 2.45) is 0 Å². The van der Waals surface area contributed by atoms with Crippen molar-refractivity contribution in [1.82, 2.24) is 24.4 Å². The molecule has 1 amide bonds. The Morgan fingerprint density at radius 2 is 1.75 bits per heavy atom. The molecule has 0 fully saturated rings. The summed E-state index contributed by atoms with van der Waals surface area (Å²) in [5, 5.41) is 2.89. The van der Waals surface area contributed by atoms with E-state index in [0.717, 1.165) is 5.69 Å². The Bertz CT molecular complexity index is 1170. The van der Waals surface area contributed by atoms with Crippen molar-refractivity contribution in [3.63, 3.8) is 0 Å². The first-order valence-electron chi connectivity index (χ1n) is 8.97. The van der Waals surface area contributed by atoms with Gasteiger partial charge in [-0.3, -0.25) is 14.3 Å². The highest BCUT2D eigenvalue weighted by molar-refractivity contribution is 5.80. The van der Waals surface area contributed by atoms with Crippen LogP contribution >= 0.6 is 0 Å². The first kappa shape index (κ1) is 17.7. The molecule has 0 aliphatic carbocycles. The second kappa shape index (κ2) is 7.48. The van der Waals surface area contributed by atoms with Crippen LogP contribution in [0.3, 0.4) is 0 Å². The molecule has 0 aliphatic rings. The molecule has 1 atom stereocenters. The Labute approximate surface area is 161 Å². The van der Waals surface area contributed by atoms with E-state index < -0.39 is 0 Å². The van der Waals surface area contributed by atoms with Gasteiger partial charge in [0.05, 0.1) is 22.9 Å². The minimum absolute atomic E-state index is 0.0992. The lowest BCUT2D eigenvalue weighted by Crippen LogP contribution is -2.34. The van der Waals surface area contributed by atoms with Gasteiger partial charge in [-0.25, -0.2) is 14.3 Å². The van der Waals surface area contributed by atoms with Crippen molar-refractivity contribution in [2.45, 2.75) is 19.5 Å². The van der Waals surface area contributed by atoms with Crippen molar-refractivity contribution in [3.05, 3.63) is 89.2 Å². The van der Waals surface area contributed by atoms with Crippen molar-refractivity contribution in [2.75, 3.05) is 0 Å². The highest BCUT2D eigenvalue weighted by atomic mass is 16.2. The Morgan fingerprint density at radius 1 is 1.00 bits per heavy atom. The Morgan fingerprint density at radius 3 is 2.50 bits per heavy atom. The second-order valence-electron chi connectivity index (χ2n) is 6.43. The average molecular weight is 373 g/mol. The van der Waals surface area contributed by atoms with Crippen LogP contribution in [-0.2, 0) is 11.3 Å². The molecule has 7 heteroatoms. The van der Waals surface area contributed by atoms with Crippen molar-refractivity contribution in [3.8, 4) is 5.69 Å². The fourth-order valence-electron chi connectivity index (χ4n) is 3.19. The molecular weight excluding hydrogens is 354 g/mol. The van der Waals surface area contributed by atoms with Crippen LogP contribution in [0.1, 0.15) is 18.7 Å². The number of hydrogen-bond donors (Lipinski definition) is 1. The zero-order valence-corrected chi connectivity index (χ0v) is 15.3. The van der Waals surface area contributed by atoms with Crippen LogP contribution in [0.15, 0.2) is 77.9 Å². The highest BCUT2D eigenvalue weighted by Crippen LogP contribution is 2.15. The molecule has 0 saturated carbocycles. The Kier molecular flexibility index (Phi) is 4.72. The maximum absolute atomic E-state index is 13.1. The van der Waals surface area contributed by atoms with Gasteiger partial charge in [-0.2, -0.15) is 0 Å². The van der Waals surface area contributed by atoms with E-state index in [4.69, 9.17) is 0 Å². The Balaban J connectivity index is 1.67. The van der Waals surface area contributed by atoms with Gasteiger partial charge < -0.3 is 5.32 Å². The van der Waals surface area contributed by atoms with Crippen molar-refractivity contribution in [1.29, 1.82) is 0 Å². The van der Waals surface area contributed by atoms with E-state index in [1.165, 1.54) is 9.13 Å². The molecule has 4 aromatic rings. The summed E-state index contributed by atoms with van der Waals surface area (Å²) in [5.74, 6) is -0.267. The summed E-state index contributed by atoms with van der Waals surface area (Å²) < 4.78 is 2.96. The van der Waals surface area contributed by atoms with E-state index in [9.17, 15) is 9.59 Å². The molecule has 0 saturated heterocycles. The topological polar surface area (TPSA) is 81.8 Å². The molecular formula is C21H19N5O2. The normalized spacial score (nSPS) is 12.0. The van der Waals surface area contributed by atoms with Crippen LogP contribution in [0, 0.1) is 0 Å². The summed E-state index contributed by atoms with van der Waals surface area (Å²) >= 11 is 0. The predicted molar refractivity (Wildman–Crippen MR) is 106 cm³/mol. The van der Waals surface area contributed by atoms with Crippen LogP contribution in [-0.4, -0.2) is 25.0 Å². The molecule has 0 radical (unpaired) electrons. The fourth-order valence-corrected chi connectivity index (χ4v) is 3.19. The fraction of sp³-hybridized carbons (Fsp3) is 0.143. The lowest BCUT2D eigenvalue weighted by molar-refractivity contribution is -0.122. The number of nitrogens with one attached hydrogen (secondary N) is 1. The number of hydrogen-bond acceptors (Lipinski definition) is 4. The van der Waals surface area contributed by atoms with E-state index in [1.807, 2.05) is 55.5 Å². The third kappa shape index (κ3) is 3.29. The quantitative estimate of drug-likeness (QED) is 0.583.